The van der Waals surface area contributed by atoms with Gasteiger partial charge in [0.2, 0.25) is 17.7 Å². The van der Waals surface area contributed by atoms with E-state index in [0.29, 0.717) is 88.0 Å². The summed E-state index contributed by atoms with van der Waals surface area (Å²) in [5.41, 5.74) is 0.988. The third kappa shape index (κ3) is 6.11. The van der Waals surface area contributed by atoms with Crippen LogP contribution >= 0.6 is 0 Å². The van der Waals surface area contributed by atoms with Crippen molar-refractivity contribution in [3.8, 4) is 11.7 Å². The minimum atomic E-state index is -2.79. The Morgan fingerprint density at radius 1 is 1.13 bits per heavy atom. The first kappa shape index (κ1) is 27.2. The number of imidazole rings is 1. The Balaban J connectivity index is 1.40. The van der Waals surface area contributed by atoms with Crippen molar-refractivity contribution in [1.29, 1.82) is 0 Å². The third-order valence-electron chi connectivity index (χ3n) is 7.30. The van der Waals surface area contributed by atoms with Gasteiger partial charge in [0.05, 0.1) is 30.9 Å². The molecule has 10 nitrogen and oxygen atoms in total. The van der Waals surface area contributed by atoms with Crippen LogP contribution in [0.1, 0.15) is 37.9 Å². The average molecular weight is 545 g/mol. The van der Waals surface area contributed by atoms with Crippen LogP contribution in [0.2, 0.25) is 0 Å². The summed E-state index contributed by atoms with van der Waals surface area (Å²) >= 11 is 0. The number of carbonyl (C=O) groups is 1. The molecule has 39 heavy (non-hydrogen) atoms. The van der Waals surface area contributed by atoms with Gasteiger partial charge in [0.25, 0.3) is 6.43 Å². The van der Waals surface area contributed by atoms with E-state index in [9.17, 15) is 13.6 Å². The predicted molar refractivity (Wildman–Crippen MR) is 141 cm³/mol. The van der Waals surface area contributed by atoms with Crippen molar-refractivity contribution >= 4 is 22.9 Å². The summed E-state index contributed by atoms with van der Waals surface area (Å²) in [7, 11) is 3.42. The van der Waals surface area contributed by atoms with E-state index in [1.165, 1.54) is 4.57 Å². The number of nitrogens with zero attached hydrogens (tertiary/aromatic N) is 6. The lowest BCUT2D eigenvalue weighted by Crippen LogP contribution is -2.38. The fourth-order valence-corrected chi connectivity index (χ4v) is 5.16. The second kappa shape index (κ2) is 12.2. The van der Waals surface area contributed by atoms with Gasteiger partial charge < -0.3 is 24.0 Å². The molecule has 1 aromatic carbocycles. The molecule has 12 heteroatoms. The largest absolute Gasteiger partial charge is 0.474 e. The van der Waals surface area contributed by atoms with Crippen LogP contribution in [-0.2, 0) is 14.3 Å². The molecule has 0 radical (unpaired) electrons. The number of para-hydroxylation sites is 2. The zero-order valence-corrected chi connectivity index (χ0v) is 22.3. The molecule has 210 valence electrons. The number of methoxy groups -OCH3 is 1. The number of fused-ring (bicyclic) bond motifs is 1. The Hall–Kier alpha value is -3.38. The van der Waals surface area contributed by atoms with Gasteiger partial charge in [-0.15, -0.1) is 0 Å². The lowest BCUT2D eigenvalue weighted by atomic mass is 9.86. The summed E-state index contributed by atoms with van der Waals surface area (Å²) in [6.07, 6.45) is -0.145. The van der Waals surface area contributed by atoms with Crippen LogP contribution in [0.3, 0.4) is 0 Å². The molecule has 3 heterocycles. The molecule has 1 aliphatic heterocycles. The smallest absolute Gasteiger partial charge is 0.296 e. The SMILES string of the molecule is COCCN(C)C(=O)C1CCC(Oc2cc(-n3c(C(F)F)nc4ccccc43)nc(N3CCOCC3)n2)CC1. The van der Waals surface area contributed by atoms with Crippen LogP contribution in [0.25, 0.3) is 16.9 Å². The highest BCUT2D eigenvalue weighted by molar-refractivity contribution is 5.79. The number of hydrogen-bond donors (Lipinski definition) is 0. The maximum atomic E-state index is 14.1. The Morgan fingerprint density at radius 2 is 1.87 bits per heavy atom. The van der Waals surface area contributed by atoms with E-state index < -0.39 is 6.43 Å². The molecule has 1 amide bonds. The Morgan fingerprint density at radius 3 is 2.59 bits per heavy atom. The Bertz CT molecular complexity index is 1270. The molecule has 0 bridgehead atoms. The number of likely N-dealkylation sites (N-methyl/N-ethyl adjacent to an activating group) is 1. The van der Waals surface area contributed by atoms with Gasteiger partial charge in [0, 0.05) is 45.8 Å². The van der Waals surface area contributed by atoms with Gasteiger partial charge in [-0.1, -0.05) is 12.1 Å². The average Bonchev–Trinajstić information content (AvgIpc) is 3.36. The highest BCUT2D eigenvalue weighted by Gasteiger charge is 2.30. The van der Waals surface area contributed by atoms with E-state index in [1.54, 1.807) is 49.4 Å². The summed E-state index contributed by atoms with van der Waals surface area (Å²) in [5.74, 6) is 0.664. The molecule has 1 saturated heterocycles. The second-order valence-corrected chi connectivity index (χ2v) is 9.90. The van der Waals surface area contributed by atoms with E-state index in [1.807, 2.05) is 4.90 Å². The van der Waals surface area contributed by atoms with Crippen LogP contribution in [0.4, 0.5) is 14.7 Å². The van der Waals surface area contributed by atoms with Gasteiger partial charge in [-0.3, -0.25) is 9.36 Å². The van der Waals surface area contributed by atoms with Crippen LogP contribution in [0.5, 0.6) is 5.88 Å². The van der Waals surface area contributed by atoms with Gasteiger partial charge in [-0.25, -0.2) is 13.8 Å². The van der Waals surface area contributed by atoms with Crippen molar-refractivity contribution in [2.45, 2.75) is 38.2 Å². The number of carbonyl (C=O) groups excluding carboxylic acids is 1. The van der Waals surface area contributed by atoms with Crippen LogP contribution in [0.15, 0.2) is 30.3 Å². The van der Waals surface area contributed by atoms with Gasteiger partial charge >= 0.3 is 0 Å². The fourth-order valence-electron chi connectivity index (χ4n) is 5.16. The first-order chi connectivity index (χ1) is 18.9. The molecule has 1 aliphatic carbocycles. The summed E-state index contributed by atoms with van der Waals surface area (Å²) < 4.78 is 46.4. The normalized spacial score (nSPS) is 20.0. The first-order valence-electron chi connectivity index (χ1n) is 13.3. The van der Waals surface area contributed by atoms with E-state index in [2.05, 4.69) is 15.0 Å². The molecule has 1 saturated carbocycles. The summed E-state index contributed by atoms with van der Waals surface area (Å²) in [4.78, 5) is 30.0. The summed E-state index contributed by atoms with van der Waals surface area (Å²) in [5, 5.41) is 0. The van der Waals surface area contributed by atoms with Crippen molar-refractivity contribution in [2.24, 2.45) is 5.92 Å². The van der Waals surface area contributed by atoms with Crippen molar-refractivity contribution in [2.75, 3.05) is 58.5 Å². The molecule has 3 aromatic rings. The molecule has 0 spiro atoms. The van der Waals surface area contributed by atoms with Gasteiger partial charge in [0.1, 0.15) is 11.9 Å². The monoisotopic (exact) mass is 544 g/mol. The third-order valence-corrected chi connectivity index (χ3v) is 7.30. The zero-order chi connectivity index (χ0) is 27.4. The lowest BCUT2D eigenvalue weighted by molar-refractivity contribution is -0.136. The van der Waals surface area contributed by atoms with Crippen molar-refractivity contribution in [3.63, 3.8) is 0 Å². The van der Waals surface area contributed by atoms with Crippen molar-refractivity contribution in [1.82, 2.24) is 24.4 Å². The number of rotatable bonds is 9. The number of hydrogen-bond acceptors (Lipinski definition) is 8. The zero-order valence-electron chi connectivity index (χ0n) is 22.3. The minimum absolute atomic E-state index is 0.0532. The molecule has 5 rings (SSSR count). The van der Waals surface area contributed by atoms with E-state index >= 15 is 0 Å². The highest BCUT2D eigenvalue weighted by atomic mass is 19.3. The number of amides is 1. The van der Waals surface area contributed by atoms with Gasteiger partial charge in [0.15, 0.2) is 5.82 Å². The quantitative estimate of drug-likeness (QED) is 0.403. The molecule has 0 N–H and O–H groups in total. The molecule has 2 aromatic heterocycles. The molecular formula is C27H34F2N6O4. The molecule has 2 aliphatic rings. The highest BCUT2D eigenvalue weighted by Crippen LogP contribution is 2.32. The van der Waals surface area contributed by atoms with Crippen molar-refractivity contribution < 1.29 is 27.8 Å². The summed E-state index contributed by atoms with van der Waals surface area (Å²) in [6.45, 7) is 3.27. The van der Waals surface area contributed by atoms with E-state index in [4.69, 9.17) is 14.2 Å². The molecule has 2 fully saturated rings. The number of alkyl halides is 2. The van der Waals surface area contributed by atoms with E-state index in [-0.39, 0.29) is 29.6 Å². The van der Waals surface area contributed by atoms with Gasteiger partial charge in [-0.05, 0) is 37.8 Å². The number of ether oxygens (including phenoxy) is 3. The topological polar surface area (TPSA) is 94.8 Å². The molecule has 0 atom stereocenters. The molecular weight excluding hydrogens is 510 g/mol. The number of aromatic nitrogens is 4. The second-order valence-electron chi connectivity index (χ2n) is 9.90. The maximum absolute atomic E-state index is 14.1. The number of benzene rings is 1. The van der Waals surface area contributed by atoms with Crippen LogP contribution < -0.4 is 9.64 Å². The first-order valence-corrected chi connectivity index (χ1v) is 13.3. The van der Waals surface area contributed by atoms with Gasteiger partial charge in [-0.2, -0.15) is 9.97 Å². The number of halogens is 2. The fraction of sp³-hybridized carbons (Fsp3) is 0.556. The standard InChI is InChI=1S/C27H34F2N6O4/c1-33(11-14-37-2)26(36)18-7-9-19(10-8-18)39-23-17-22(31-27(32-23)34-12-15-38-16-13-34)35-21-6-4-3-5-20(21)30-25(35)24(28)29/h3-6,17-19,24H,7-16H2,1-2H3. The predicted octanol–water partition coefficient (Wildman–Crippen LogP) is 3.63. The van der Waals surface area contributed by atoms with Crippen LogP contribution in [-0.4, -0.2) is 90.0 Å². The van der Waals surface area contributed by atoms with E-state index in [0.717, 1.165) is 0 Å². The minimum Gasteiger partial charge on any atom is -0.474 e. The van der Waals surface area contributed by atoms with Crippen molar-refractivity contribution in [3.05, 3.63) is 36.2 Å². The Kier molecular flexibility index (Phi) is 8.51. The lowest BCUT2D eigenvalue weighted by Gasteiger charge is -2.31. The Labute approximate surface area is 225 Å². The number of morpholine rings is 1. The van der Waals surface area contributed by atoms with Crippen LogP contribution in [0, 0.1) is 5.92 Å². The summed E-state index contributed by atoms with van der Waals surface area (Å²) in [6, 6.07) is 8.58. The maximum Gasteiger partial charge on any atom is 0.296 e. The number of anilines is 1. The molecule has 0 unspecified atom stereocenters.